The molecule has 0 amide bonds. The first-order chi connectivity index (χ1) is 11.4. The maximum absolute atomic E-state index is 12.9. The van der Waals surface area contributed by atoms with Gasteiger partial charge >= 0.3 is 6.18 Å². The van der Waals surface area contributed by atoms with E-state index >= 15 is 0 Å². The summed E-state index contributed by atoms with van der Waals surface area (Å²) in [4.78, 5) is 3.70. The Bertz CT molecular complexity index is 890. The van der Waals surface area contributed by atoms with Gasteiger partial charge in [0.1, 0.15) is 36.6 Å². The van der Waals surface area contributed by atoms with Crippen LogP contribution in [0.15, 0.2) is 42.1 Å². The first-order valence-corrected chi connectivity index (χ1v) is 6.18. The molecular weight excluding hydrogens is 323 g/mol. The number of alkyl halides is 3. The smallest absolute Gasteiger partial charge is 0.343 e. The van der Waals surface area contributed by atoms with Crippen molar-refractivity contribution < 1.29 is 13.2 Å². The van der Waals surface area contributed by atoms with Crippen LogP contribution in [0.2, 0.25) is 0 Å². The number of aromatic nitrogens is 3. The molecule has 24 heavy (non-hydrogen) atoms. The van der Waals surface area contributed by atoms with Crippen molar-refractivity contribution in [2.24, 2.45) is 0 Å². The maximum atomic E-state index is 12.9. The molecular formula is C14H6F3N7. The normalized spacial score (nSPS) is 10.2. The molecule has 1 N–H and O–H groups in total. The van der Waals surface area contributed by atoms with E-state index in [9.17, 15) is 13.2 Å². The van der Waals surface area contributed by atoms with Gasteiger partial charge in [0, 0.05) is 0 Å². The lowest BCUT2D eigenvalue weighted by molar-refractivity contribution is -0.137. The van der Waals surface area contributed by atoms with Crippen molar-refractivity contribution >= 4 is 5.69 Å². The second kappa shape index (κ2) is 6.51. The van der Waals surface area contributed by atoms with Crippen molar-refractivity contribution in [2.75, 3.05) is 5.32 Å². The lowest BCUT2D eigenvalue weighted by Gasteiger charge is -2.14. The molecule has 0 fully saturated rings. The zero-order chi connectivity index (χ0) is 17.7. The predicted octanol–water partition coefficient (Wildman–Crippen LogP) is 2.52. The van der Waals surface area contributed by atoms with E-state index in [-0.39, 0.29) is 11.4 Å². The number of halogens is 3. The van der Waals surface area contributed by atoms with E-state index in [0.717, 1.165) is 18.2 Å². The van der Waals surface area contributed by atoms with Crippen LogP contribution in [-0.4, -0.2) is 14.8 Å². The lowest BCUT2D eigenvalue weighted by atomic mass is 10.1. The number of nitrogens with one attached hydrogen (secondary N) is 1. The highest BCUT2D eigenvalue weighted by Gasteiger charge is 2.31. The molecule has 2 aromatic rings. The van der Waals surface area contributed by atoms with Gasteiger partial charge in [-0.3, -0.25) is 0 Å². The zero-order valence-electron chi connectivity index (χ0n) is 11.7. The minimum absolute atomic E-state index is 0.156. The first-order valence-electron chi connectivity index (χ1n) is 6.18. The molecule has 1 aromatic carbocycles. The number of rotatable bonds is 3. The molecule has 7 nitrogen and oxygen atoms in total. The van der Waals surface area contributed by atoms with E-state index < -0.39 is 23.0 Å². The highest BCUT2D eigenvalue weighted by molar-refractivity contribution is 5.68. The zero-order valence-corrected chi connectivity index (χ0v) is 11.7. The van der Waals surface area contributed by atoms with Gasteiger partial charge in [0.15, 0.2) is 5.57 Å². The fourth-order valence-corrected chi connectivity index (χ4v) is 1.76. The Labute approximate surface area is 133 Å². The molecule has 118 valence electrons. The van der Waals surface area contributed by atoms with Crippen molar-refractivity contribution in [2.45, 2.75) is 6.18 Å². The second-order valence-electron chi connectivity index (χ2n) is 4.28. The van der Waals surface area contributed by atoms with Crippen LogP contribution in [0.25, 0.3) is 5.69 Å². The van der Waals surface area contributed by atoms with Crippen LogP contribution in [0.5, 0.6) is 0 Å². The third kappa shape index (κ3) is 3.32. The Morgan fingerprint density at radius 2 is 1.83 bits per heavy atom. The van der Waals surface area contributed by atoms with E-state index in [2.05, 4.69) is 15.4 Å². The summed E-state index contributed by atoms with van der Waals surface area (Å²) in [6, 6.07) is 7.30. The van der Waals surface area contributed by atoms with Gasteiger partial charge in [-0.1, -0.05) is 0 Å². The summed E-state index contributed by atoms with van der Waals surface area (Å²) in [6.07, 6.45) is -2.18. The topological polar surface area (TPSA) is 114 Å². The molecule has 0 saturated heterocycles. The molecule has 0 atom stereocenters. The molecule has 10 heteroatoms. The molecule has 0 spiro atoms. The summed E-state index contributed by atoms with van der Waals surface area (Å²) in [5, 5.41) is 32.9. The predicted molar refractivity (Wildman–Crippen MR) is 73.8 cm³/mol. The van der Waals surface area contributed by atoms with Crippen LogP contribution in [0.4, 0.5) is 18.9 Å². The van der Waals surface area contributed by atoms with Crippen LogP contribution in [-0.2, 0) is 6.18 Å². The van der Waals surface area contributed by atoms with Crippen molar-refractivity contribution in [3.05, 3.63) is 47.7 Å². The molecule has 0 aliphatic carbocycles. The average molecular weight is 329 g/mol. The fraction of sp³-hybridized carbons (Fsp3) is 0.0714. The summed E-state index contributed by atoms with van der Waals surface area (Å²) in [5.41, 5.74) is -2.00. The first kappa shape index (κ1) is 16.5. The number of hydrogen-bond donors (Lipinski definition) is 1. The SMILES string of the molecule is N#CC(C#N)=C(C#N)Nc1cc(C(F)(F)F)ccc1-n1cncn1. The minimum atomic E-state index is -4.61. The number of allylic oxidation sites excluding steroid dienone is 2. The quantitative estimate of drug-likeness (QED) is 0.865. The van der Waals surface area contributed by atoms with E-state index in [1.54, 1.807) is 6.07 Å². The summed E-state index contributed by atoms with van der Waals surface area (Å²) in [7, 11) is 0. The number of hydrogen-bond acceptors (Lipinski definition) is 6. The minimum Gasteiger partial charge on any atom is -0.343 e. The fourth-order valence-electron chi connectivity index (χ4n) is 1.76. The van der Waals surface area contributed by atoms with Crippen LogP contribution in [0.3, 0.4) is 0 Å². The maximum Gasteiger partial charge on any atom is 0.416 e. The number of nitrogens with zero attached hydrogens (tertiary/aromatic N) is 6. The molecule has 0 radical (unpaired) electrons. The Hall–Kier alpha value is -3.84. The Balaban J connectivity index is 2.62. The van der Waals surface area contributed by atoms with Crippen molar-refractivity contribution in [1.29, 1.82) is 15.8 Å². The standard InChI is InChI=1S/C14H6F3N7/c15-14(16,17)10-1-2-13(24-8-21-7-22-24)11(3-10)23-12(6-20)9(4-18)5-19/h1-3,7-8,23H. The molecule has 0 aliphatic rings. The van der Waals surface area contributed by atoms with Gasteiger partial charge in [-0.05, 0) is 18.2 Å². The third-order valence-electron chi connectivity index (χ3n) is 2.83. The van der Waals surface area contributed by atoms with Gasteiger partial charge < -0.3 is 5.32 Å². The summed E-state index contributed by atoms with van der Waals surface area (Å²) in [6.45, 7) is 0. The van der Waals surface area contributed by atoms with Crippen molar-refractivity contribution in [3.63, 3.8) is 0 Å². The number of anilines is 1. The molecule has 0 bridgehead atoms. The Morgan fingerprint density at radius 1 is 1.12 bits per heavy atom. The third-order valence-corrected chi connectivity index (χ3v) is 2.83. The molecule has 0 unspecified atom stereocenters. The molecule has 2 rings (SSSR count). The Morgan fingerprint density at radius 3 is 2.33 bits per heavy atom. The molecule has 0 saturated carbocycles. The lowest BCUT2D eigenvalue weighted by Crippen LogP contribution is -2.10. The van der Waals surface area contributed by atoms with Crippen molar-refractivity contribution in [3.8, 4) is 23.9 Å². The Kier molecular flexibility index (Phi) is 4.48. The van der Waals surface area contributed by atoms with E-state index in [0.29, 0.717) is 0 Å². The molecule has 1 aromatic heterocycles. The van der Waals surface area contributed by atoms with Crippen LogP contribution in [0.1, 0.15) is 5.56 Å². The van der Waals surface area contributed by atoms with Crippen LogP contribution >= 0.6 is 0 Å². The van der Waals surface area contributed by atoms with E-state index in [4.69, 9.17) is 15.8 Å². The van der Waals surface area contributed by atoms with E-state index in [1.807, 2.05) is 0 Å². The number of benzene rings is 1. The highest BCUT2D eigenvalue weighted by Crippen LogP contribution is 2.33. The number of nitriles is 3. The monoisotopic (exact) mass is 329 g/mol. The molecule has 1 heterocycles. The van der Waals surface area contributed by atoms with Gasteiger partial charge in [-0.2, -0.15) is 34.1 Å². The van der Waals surface area contributed by atoms with E-state index in [1.165, 1.54) is 29.5 Å². The van der Waals surface area contributed by atoms with Gasteiger partial charge in [-0.15, -0.1) is 0 Å². The largest absolute Gasteiger partial charge is 0.416 e. The van der Waals surface area contributed by atoms with Gasteiger partial charge in [0.05, 0.1) is 16.9 Å². The summed E-state index contributed by atoms with van der Waals surface area (Å²) >= 11 is 0. The summed E-state index contributed by atoms with van der Waals surface area (Å²) < 4.78 is 39.9. The van der Waals surface area contributed by atoms with Gasteiger partial charge in [-0.25, -0.2) is 9.67 Å². The van der Waals surface area contributed by atoms with Crippen molar-refractivity contribution in [1.82, 2.24) is 14.8 Å². The summed E-state index contributed by atoms with van der Waals surface area (Å²) in [5.74, 6) is 0. The second-order valence-corrected chi connectivity index (χ2v) is 4.28. The highest BCUT2D eigenvalue weighted by atomic mass is 19.4. The van der Waals surface area contributed by atoms with Gasteiger partial charge in [0.25, 0.3) is 0 Å². The average Bonchev–Trinajstić information content (AvgIpc) is 3.08. The molecule has 0 aliphatic heterocycles. The van der Waals surface area contributed by atoms with Crippen LogP contribution < -0.4 is 5.32 Å². The van der Waals surface area contributed by atoms with Crippen LogP contribution in [0, 0.1) is 34.0 Å². The van der Waals surface area contributed by atoms with Gasteiger partial charge in [0.2, 0.25) is 0 Å².